The Morgan fingerprint density at radius 1 is 0.941 bits per heavy atom. The first kappa shape index (κ1) is 12.0. The maximum Gasteiger partial charge on any atom is 0.250 e. The van der Waals surface area contributed by atoms with E-state index in [9.17, 15) is 4.79 Å². The van der Waals surface area contributed by atoms with Crippen molar-refractivity contribution in [2.75, 3.05) is 0 Å². The maximum absolute atomic E-state index is 11.0. The van der Waals surface area contributed by atoms with Crippen molar-refractivity contribution in [3.05, 3.63) is 58.1 Å². The van der Waals surface area contributed by atoms with Gasteiger partial charge >= 0.3 is 0 Å². The van der Waals surface area contributed by atoms with Crippen LogP contribution in [0, 0.1) is 0 Å². The second-order valence-electron chi connectivity index (χ2n) is 3.57. The van der Waals surface area contributed by atoms with Crippen LogP contribution in [0.3, 0.4) is 0 Å². The minimum Gasteiger partial charge on any atom is -0.366 e. The molecule has 0 aliphatic heterocycles. The molecule has 0 heterocycles. The van der Waals surface area contributed by atoms with Gasteiger partial charge < -0.3 is 5.73 Å². The highest BCUT2D eigenvalue weighted by molar-refractivity contribution is 6.34. The van der Waals surface area contributed by atoms with Crippen LogP contribution in [0.15, 0.2) is 42.5 Å². The van der Waals surface area contributed by atoms with Crippen LogP contribution in [0.5, 0.6) is 0 Å². The summed E-state index contributed by atoms with van der Waals surface area (Å²) in [4.78, 5) is 11.0. The van der Waals surface area contributed by atoms with Gasteiger partial charge in [0.05, 0.1) is 10.6 Å². The molecule has 1 amide bonds. The van der Waals surface area contributed by atoms with E-state index in [2.05, 4.69) is 0 Å². The summed E-state index contributed by atoms with van der Waals surface area (Å²) in [6, 6.07) is 12.5. The smallest absolute Gasteiger partial charge is 0.250 e. The number of carbonyl (C=O) groups is 1. The second-order valence-corrected chi connectivity index (χ2v) is 4.41. The van der Waals surface area contributed by atoms with E-state index < -0.39 is 5.91 Å². The summed E-state index contributed by atoms with van der Waals surface area (Å²) < 4.78 is 0. The van der Waals surface area contributed by atoms with E-state index in [0.29, 0.717) is 15.6 Å². The molecule has 0 aromatic heterocycles. The van der Waals surface area contributed by atoms with Crippen molar-refractivity contribution in [3.8, 4) is 11.1 Å². The van der Waals surface area contributed by atoms with Crippen LogP contribution in [0.1, 0.15) is 10.4 Å². The molecule has 2 aromatic rings. The molecule has 2 N–H and O–H groups in total. The van der Waals surface area contributed by atoms with Crippen LogP contribution >= 0.6 is 23.2 Å². The number of primary amides is 1. The fourth-order valence-corrected chi connectivity index (χ4v) is 1.94. The zero-order chi connectivity index (χ0) is 12.4. The molecule has 0 unspecified atom stereocenters. The van der Waals surface area contributed by atoms with E-state index in [4.69, 9.17) is 28.9 Å². The first-order chi connectivity index (χ1) is 8.08. The van der Waals surface area contributed by atoms with E-state index in [1.54, 1.807) is 30.3 Å². The number of halogens is 2. The third kappa shape index (κ3) is 2.60. The largest absolute Gasteiger partial charge is 0.366 e. The molecular formula is C13H9Cl2NO. The second kappa shape index (κ2) is 4.78. The highest BCUT2D eigenvalue weighted by Gasteiger charge is 2.07. The van der Waals surface area contributed by atoms with Crippen molar-refractivity contribution < 1.29 is 4.79 Å². The van der Waals surface area contributed by atoms with Crippen molar-refractivity contribution in [1.82, 2.24) is 0 Å². The average molecular weight is 266 g/mol. The van der Waals surface area contributed by atoms with Gasteiger partial charge in [-0.25, -0.2) is 0 Å². The lowest BCUT2D eigenvalue weighted by molar-refractivity contribution is 0.100. The molecule has 0 radical (unpaired) electrons. The summed E-state index contributed by atoms with van der Waals surface area (Å²) in [5, 5.41) is 1.03. The highest BCUT2D eigenvalue weighted by Crippen LogP contribution is 2.26. The first-order valence-electron chi connectivity index (χ1n) is 4.93. The van der Waals surface area contributed by atoms with Gasteiger partial charge in [0, 0.05) is 5.02 Å². The third-order valence-electron chi connectivity index (χ3n) is 2.41. The Balaban J connectivity index is 2.44. The Kier molecular flexibility index (Phi) is 3.36. The van der Waals surface area contributed by atoms with Crippen LogP contribution in [0.2, 0.25) is 10.0 Å². The summed E-state index contributed by atoms with van der Waals surface area (Å²) in [5.41, 5.74) is 7.40. The maximum atomic E-state index is 11.0. The molecule has 2 rings (SSSR count). The van der Waals surface area contributed by atoms with E-state index in [0.717, 1.165) is 11.1 Å². The summed E-state index contributed by atoms with van der Waals surface area (Å²) in [6.07, 6.45) is 0. The number of amides is 1. The van der Waals surface area contributed by atoms with Crippen LogP contribution in [0.25, 0.3) is 11.1 Å². The van der Waals surface area contributed by atoms with E-state index in [-0.39, 0.29) is 0 Å². The summed E-state index contributed by atoms with van der Waals surface area (Å²) in [6.45, 7) is 0. The number of benzene rings is 2. The van der Waals surface area contributed by atoms with Gasteiger partial charge in [-0.1, -0.05) is 41.4 Å². The molecule has 4 heteroatoms. The van der Waals surface area contributed by atoms with Gasteiger partial charge in [0.15, 0.2) is 0 Å². The van der Waals surface area contributed by atoms with Crippen molar-refractivity contribution >= 4 is 29.1 Å². The molecule has 86 valence electrons. The Morgan fingerprint density at radius 3 is 2.06 bits per heavy atom. The molecule has 0 fully saturated rings. The topological polar surface area (TPSA) is 43.1 Å². The Hall–Kier alpha value is -1.51. The van der Waals surface area contributed by atoms with Gasteiger partial charge in [0.2, 0.25) is 5.91 Å². The molecule has 2 nitrogen and oxygen atoms in total. The number of nitrogens with two attached hydrogens (primary N) is 1. The van der Waals surface area contributed by atoms with Gasteiger partial charge in [-0.2, -0.15) is 0 Å². The lowest BCUT2D eigenvalue weighted by Crippen LogP contribution is -2.11. The SMILES string of the molecule is NC(=O)c1ccc(-c2ccc(Cl)cc2)cc1Cl. The van der Waals surface area contributed by atoms with Crippen molar-refractivity contribution in [3.63, 3.8) is 0 Å². The molecule has 17 heavy (non-hydrogen) atoms. The molecule has 0 saturated carbocycles. The Morgan fingerprint density at radius 2 is 1.53 bits per heavy atom. The third-order valence-corrected chi connectivity index (χ3v) is 2.98. The number of hydrogen-bond donors (Lipinski definition) is 1. The molecule has 0 atom stereocenters. The molecule has 0 saturated heterocycles. The molecule has 0 bridgehead atoms. The molecule has 0 aliphatic carbocycles. The lowest BCUT2D eigenvalue weighted by atomic mass is 10.0. The zero-order valence-corrected chi connectivity index (χ0v) is 10.3. The van der Waals surface area contributed by atoms with Gasteiger partial charge in [-0.15, -0.1) is 0 Å². The van der Waals surface area contributed by atoms with Crippen molar-refractivity contribution in [1.29, 1.82) is 0 Å². The summed E-state index contributed by atoms with van der Waals surface area (Å²) in [5.74, 6) is -0.530. The predicted molar refractivity (Wildman–Crippen MR) is 70.4 cm³/mol. The first-order valence-corrected chi connectivity index (χ1v) is 5.69. The van der Waals surface area contributed by atoms with Crippen LogP contribution in [-0.2, 0) is 0 Å². The highest BCUT2D eigenvalue weighted by atomic mass is 35.5. The zero-order valence-electron chi connectivity index (χ0n) is 8.78. The van der Waals surface area contributed by atoms with Gasteiger partial charge in [0.25, 0.3) is 0 Å². The predicted octanol–water partition coefficient (Wildman–Crippen LogP) is 3.76. The normalized spacial score (nSPS) is 10.2. The quantitative estimate of drug-likeness (QED) is 0.883. The fourth-order valence-electron chi connectivity index (χ4n) is 1.54. The van der Waals surface area contributed by atoms with Gasteiger partial charge in [-0.05, 0) is 35.4 Å². The Labute approximate surface area is 109 Å². The fraction of sp³-hybridized carbons (Fsp3) is 0. The molecular weight excluding hydrogens is 257 g/mol. The number of hydrogen-bond acceptors (Lipinski definition) is 1. The van der Waals surface area contributed by atoms with Gasteiger partial charge in [0.1, 0.15) is 0 Å². The van der Waals surface area contributed by atoms with E-state index >= 15 is 0 Å². The van der Waals surface area contributed by atoms with Crippen molar-refractivity contribution in [2.45, 2.75) is 0 Å². The molecule has 0 spiro atoms. The molecule has 2 aromatic carbocycles. The lowest BCUT2D eigenvalue weighted by Gasteiger charge is -2.05. The minimum atomic E-state index is -0.530. The number of rotatable bonds is 2. The van der Waals surface area contributed by atoms with Gasteiger partial charge in [-0.3, -0.25) is 4.79 Å². The standard InChI is InChI=1S/C13H9Cl2NO/c14-10-4-1-8(2-5-10)9-3-6-11(13(16)17)12(15)7-9/h1-7H,(H2,16,17). The van der Waals surface area contributed by atoms with E-state index in [1.807, 2.05) is 12.1 Å². The monoisotopic (exact) mass is 265 g/mol. The minimum absolute atomic E-state index is 0.324. The van der Waals surface area contributed by atoms with Crippen LogP contribution in [-0.4, -0.2) is 5.91 Å². The molecule has 0 aliphatic rings. The van der Waals surface area contributed by atoms with Crippen molar-refractivity contribution in [2.24, 2.45) is 5.73 Å². The van der Waals surface area contributed by atoms with Crippen LogP contribution in [0.4, 0.5) is 0 Å². The summed E-state index contributed by atoms with van der Waals surface area (Å²) >= 11 is 11.8. The van der Waals surface area contributed by atoms with Crippen LogP contribution < -0.4 is 5.73 Å². The average Bonchev–Trinajstić information content (AvgIpc) is 2.29. The van der Waals surface area contributed by atoms with E-state index in [1.165, 1.54) is 0 Å². The summed E-state index contributed by atoms with van der Waals surface area (Å²) in [7, 11) is 0. The Bertz CT molecular complexity index is 564. The number of carbonyl (C=O) groups excluding carboxylic acids is 1.